The Morgan fingerprint density at radius 2 is 1.57 bits per heavy atom. The van der Waals surface area contributed by atoms with E-state index in [0.29, 0.717) is 6.42 Å². The minimum atomic E-state index is -3.40. The monoisotopic (exact) mass is 332 g/mol. The molecule has 0 amide bonds. The molecule has 0 aliphatic heterocycles. The van der Waals surface area contributed by atoms with E-state index in [1.807, 2.05) is 30.3 Å². The lowest BCUT2D eigenvalue weighted by molar-refractivity contribution is -0.137. The maximum absolute atomic E-state index is 12.4. The molecule has 0 heterocycles. The van der Waals surface area contributed by atoms with Crippen molar-refractivity contribution in [2.75, 3.05) is 5.75 Å². The zero-order chi connectivity index (χ0) is 16.9. The van der Waals surface area contributed by atoms with Crippen molar-refractivity contribution in [1.82, 2.24) is 0 Å². The lowest BCUT2D eigenvalue weighted by Gasteiger charge is -2.11. The third-order valence-corrected chi connectivity index (χ3v) is 5.67. The molecule has 0 aliphatic carbocycles. The molecule has 0 bridgehead atoms. The van der Waals surface area contributed by atoms with Gasteiger partial charge in [-0.1, -0.05) is 49.4 Å². The smallest absolute Gasteiger partial charge is 0.303 e. The summed E-state index contributed by atoms with van der Waals surface area (Å²) in [6, 6.07) is 16.6. The van der Waals surface area contributed by atoms with Gasteiger partial charge in [0.1, 0.15) is 0 Å². The Balaban J connectivity index is 2.10. The summed E-state index contributed by atoms with van der Waals surface area (Å²) < 4.78 is 24.8. The topological polar surface area (TPSA) is 71.4 Å². The van der Waals surface area contributed by atoms with E-state index >= 15 is 0 Å². The van der Waals surface area contributed by atoms with Gasteiger partial charge in [0.2, 0.25) is 0 Å². The first kappa shape index (κ1) is 17.2. The number of sulfone groups is 1. The zero-order valence-corrected chi connectivity index (χ0v) is 13.8. The standard InChI is InChI=1S/C18H20O4S/c1-14(7-12-18(19)20)13-23(21,22)17-10-8-16(9-11-17)15-5-3-2-4-6-15/h2-6,8-11,14H,7,12-13H2,1H3,(H,19,20). The Bertz CT molecular complexity index is 749. The number of benzene rings is 2. The first-order chi connectivity index (χ1) is 10.9. The van der Waals surface area contributed by atoms with Crippen molar-refractivity contribution in [3.8, 4) is 11.1 Å². The van der Waals surface area contributed by atoms with E-state index in [-0.39, 0.29) is 23.0 Å². The van der Waals surface area contributed by atoms with Crippen molar-refractivity contribution in [2.24, 2.45) is 5.92 Å². The Morgan fingerprint density at radius 3 is 2.13 bits per heavy atom. The second kappa shape index (κ2) is 7.42. The summed E-state index contributed by atoms with van der Waals surface area (Å²) in [5.74, 6) is -1.13. The molecule has 2 aromatic carbocycles. The van der Waals surface area contributed by atoms with Crippen LogP contribution in [0.25, 0.3) is 11.1 Å². The van der Waals surface area contributed by atoms with Crippen molar-refractivity contribution in [2.45, 2.75) is 24.7 Å². The number of rotatable bonds is 7. The number of carbonyl (C=O) groups is 1. The van der Waals surface area contributed by atoms with Gasteiger partial charge in [-0.3, -0.25) is 4.79 Å². The third-order valence-electron chi connectivity index (χ3n) is 3.68. The summed E-state index contributed by atoms with van der Waals surface area (Å²) in [6.45, 7) is 1.76. The number of hydrogen-bond acceptors (Lipinski definition) is 3. The molecule has 1 atom stereocenters. The van der Waals surface area contributed by atoms with Crippen LogP contribution in [0.4, 0.5) is 0 Å². The van der Waals surface area contributed by atoms with Crippen molar-refractivity contribution < 1.29 is 18.3 Å². The van der Waals surface area contributed by atoms with Crippen LogP contribution < -0.4 is 0 Å². The molecule has 4 nitrogen and oxygen atoms in total. The second-order valence-electron chi connectivity index (χ2n) is 5.71. The van der Waals surface area contributed by atoms with Gasteiger partial charge < -0.3 is 5.11 Å². The molecule has 0 saturated carbocycles. The molecule has 0 saturated heterocycles. The van der Waals surface area contributed by atoms with Gasteiger partial charge in [-0.25, -0.2) is 8.42 Å². The third kappa shape index (κ3) is 4.93. The molecule has 1 unspecified atom stereocenters. The van der Waals surface area contributed by atoms with Crippen molar-refractivity contribution in [3.63, 3.8) is 0 Å². The molecule has 2 rings (SSSR count). The first-order valence-corrected chi connectivity index (χ1v) is 9.14. The summed E-state index contributed by atoms with van der Waals surface area (Å²) in [4.78, 5) is 10.8. The molecule has 0 aromatic heterocycles. The van der Waals surface area contributed by atoms with Gasteiger partial charge in [-0.05, 0) is 35.6 Å². The summed E-state index contributed by atoms with van der Waals surface area (Å²) in [5, 5.41) is 8.67. The van der Waals surface area contributed by atoms with E-state index in [0.717, 1.165) is 11.1 Å². The predicted molar refractivity (Wildman–Crippen MR) is 90.0 cm³/mol. The maximum atomic E-state index is 12.4. The SMILES string of the molecule is CC(CCC(=O)O)CS(=O)(=O)c1ccc(-c2ccccc2)cc1. The van der Waals surface area contributed by atoms with Crippen molar-refractivity contribution >= 4 is 15.8 Å². The molecular formula is C18H20O4S. The van der Waals surface area contributed by atoms with E-state index in [1.165, 1.54) is 0 Å². The Hall–Kier alpha value is -2.14. The normalized spacial score (nSPS) is 12.7. The van der Waals surface area contributed by atoms with Gasteiger partial charge in [0, 0.05) is 6.42 Å². The second-order valence-corrected chi connectivity index (χ2v) is 7.74. The Kier molecular flexibility index (Phi) is 5.55. The van der Waals surface area contributed by atoms with Gasteiger partial charge >= 0.3 is 5.97 Å². The fourth-order valence-corrected chi connectivity index (χ4v) is 4.07. The van der Waals surface area contributed by atoms with Gasteiger partial charge in [-0.2, -0.15) is 0 Å². The van der Waals surface area contributed by atoms with E-state index in [2.05, 4.69) is 0 Å². The molecule has 2 aromatic rings. The van der Waals surface area contributed by atoms with Crippen LogP contribution >= 0.6 is 0 Å². The van der Waals surface area contributed by atoms with E-state index in [4.69, 9.17) is 5.11 Å². The fraction of sp³-hybridized carbons (Fsp3) is 0.278. The molecule has 122 valence electrons. The number of aliphatic carboxylic acids is 1. The summed E-state index contributed by atoms with van der Waals surface area (Å²) >= 11 is 0. The highest BCUT2D eigenvalue weighted by Gasteiger charge is 2.19. The highest BCUT2D eigenvalue weighted by molar-refractivity contribution is 7.91. The van der Waals surface area contributed by atoms with Gasteiger partial charge in [0.25, 0.3) is 0 Å². The quantitative estimate of drug-likeness (QED) is 0.840. The largest absolute Gasteiger partial charge is 0.481 e. The summed E-state index contributed by atoms with van der Waals surface area (Å²) in [6.07, 6.45) is 0.348. The fourth-order valence-electron chi connectivity index (χ4n) is 2.41. The van der Waals surface area contributed by atoms with Crippen molar-refractivity contribution in [3.05, 3.63) is 54.6 Å². The van der Waals surface area contributed by atoms with E-state index in [9.17, 15) is 13.2 Å². The van der Waals surface area contributed by atoms with Gasteiger partial charge in [-0.15, -0.1) is 0 Å². The van der Waals surface area contributed by atoms with E-state index < -0.39 is 15.8 Å². The molecule has 0 spiro atoms. The molecule has 1 N–H and O–H groups in total. The summed E-state index contributed by atoms with van der Waals surface area (Å²) in [5.41, 5.74) is 2.00. The predicted octanol–water partition coefficient (Wildman–Crippen LogP) is 3.63. The maximum Gasteiger partial charge on any atom is 0.303 e. The minimum absolute atomic E-state index is 0.0103. The lowest BCUT2D eigenvalue weighted by Crippen LogP contribution is -2.15. The molecule has 23 heavy (non-hydrogen) atoms. The number of carboxylic acids is 1. The van der Waals surface area contributed by atoms with Crippen LogP contribution in [0.3, 0.4) is 0 Å². The molecule has 5 heteroatoms. The van der Waals surface area contributed by atoms with Crippen LogP contribution in [-0.4, -0.2) is 25.2 Å². The molecular weight excluding hydrogens is 312 g/mol. The van der Waals surface area contributed by atoms with Crippen LogP contribution in [0.5, 0.6) is 0 Å². The highest BCUT2D eigenvalue weighted by Crippen LogP contribution is 2.23. The van der Waals surface area contributed by atoms with Gasteiger partial charge in [0.15, 0.2) is 9.84 Å². The minimum Gasteiger partial charge on any atom is -0.481 e. The lowest BCUT2D eigenvalue weighted by atomic mass is 10.1. The average Bonchev–Trinajstić information content (AvgIpc) is 2.53. The van der Waals surface area contributed by atoms with Gasteiger partial charge in [0.05, 0.1) is 10.6 Å². The van der Waals surface area contributed by atoms with Crippen LogP contribution in [0.2, 0.25) is 0 Å². The summed E-state index contributed by atoms with van der Waals surface area (Å²) in [7, 11) is -3.40. The average molecular weight is 332 g/mol. The molecule has 0 aliphatic rings. The molecule has 0 fully saturated rings. The Morgan fingerprint density at radius 1 is 1.00 bits per heavy atom. The van der Waals surface area contributed by atoms with E-state index in [1.54, 1.807) is 31.2 Å². The van der Waals surface area contributed by atoms with Crippen LogP contribution in [0.1, 0.15) is 19.8 Å². The highest BCUT2D eigenvalue weighted by atomic mass is 32.2. The van der Waals surface area contributed by atoms with Crippen molar-refractivity contribution in [1.29, 1.82) is 0 Å². The van der Waals surface area contributed by atoms with Crippen LogP contribution in [-0.2, 0) is 14.6 Å². The Labute approximate surface area is 136 Å². The first-order valence-electron chi connectivity index (χ1n) is 7.48. The van der Waals surface area contributed by atoms with Crippen LogP contribution in [0, 0.1) is 5.92 Å². The molecule has 0 radical (unpaired) electrons. The number of carboxylic acid groups (broad SMARTS) is 1. The zero-order valence-electron chi connectivity index (χ0n) is 13.0. The number of hydrogen-bond donors (Lipinski definition) is 1. The van der Waals surface area contributed by atoms with Crippen LogP contribution in [0.15, 0.2) is 59.5 Å².